The molecular weight excluding hydrogens is 274 g/mol. The molecule has 8 nitrogen and oxygen atoms in total. The first kappa shape index (κ1) is 15.2. The van der Waals surface area contributed by atoms with Crippen LogP contribution in [0.25, 0.3) is 0 Å². The normalized spacial score (nSPS) is 15.8. The van der Waals surface area contributed by atoms with Crippen molar-refractivity contribution in [2.24, 2.45) is 0 Å². The fourth-order valence-electron chi connectivity index (χ4n) is 2.23. The van der Waals surface area contributed by atoms with E-state index in [-0.39, 0.29) is 11.6 Å². The maximum atomic E-state index is 11.7. The van der Waals surface area contributed by atoms with E-state index >= 15 is 0 Å². The number of rotatable bonds is 4. The van der Waals surface area contributed by atoms with Crippen LogP contribution in [-0.2, 0) is 4.79 Å². The molecule has 0 saturated carbocycles. The summed E-state index contributed by atoms with van der Waals surface area (Å²) in [5.41, 5.74) is 0.0234. The van der Waals surface area contributed by atoms with Crippen molar-refractivity contribution >= 4 is 17.4 Å². The Kier molecular flexibility index (Phi) is 4.69. The molecule has 2 heterocycles. The van der Waals surface area contributed by atoms with Crippen molar-refractivity contribution < 1.29 is 9.72 Å². The number of pyridine rings is 1. The van der Waals surface area contributed by atoms with Crippen molar-refractivity contribution in [3.63, 3.8) is 0 Å². The van der Waals surface area contributed by atoms with E-state index < -0.39 is 4.92 Å². The highest BCUT2D eigenvalue weighted by molar-refractivity contribution is 5.77. The molecule has 1 aromatic heterocycles. The summed E-state index contributed by atoms with van der Waals surface area (Å²) in [5.74, 6) is 0.466. The number of piperazine rings is 1. The molecule has 1 aromatic rings. The van der Waals surface area contributed by atoms with Gasteiger partial charge in [0.05, 0.1) is 11.5 Å². The third kappa shape index (κ3) is 3.66. The van der Waals surface area contributed by atoms with Crippen molar-refractivity contribution in [2.75, 3.05) is 51.7 Å². The Morgan fingerprint density at radius 1 is 1.38 bits per heavy atom. The van der Waals surface area contributed by atoms with E-state index in [2.05, 4.69) is 4.98 Å². The molecule has 0 spiro atoms. The Morgan fingerprint density at radius 3 is 2.62 bits per heavy atom. The Balaban J connectivity index is 1.98. The first-order valence-corrected chi connectivity index (χ1v) is 6.76. The van der Waals surface area contributed by atoms with Gasteiger partial charge in [0.15, 0.2) is 0 Å². The lowest BCUT2D eigenvalue weighted by molar-refractivity contribution is -0.384. The second kappa shape index (κ2) is 6.49. The van der Waals surface area contributed by atoms with Crippen LogP contribution < -0.4 is 4.90 Å². The molecular formula is C13H19N5O3. The van der Waals surface area contributed by atoms with Crippen molar-refractivity contribution in [3.05, 3.63) is 28.4 Å². The topological polar surface area (TPSA) is 82.8 Å². The van der Waals surface area contributed by atoms with E-state index in [0.717, 1.165) is 0 Å². The highest BCUT2D eigenvalue weighted by Crippen LogP contribution is 2.25. The molecule has 1 aliphatic rings. The number of hydrogen-bond acceptors (Lipinski definition) is 6. The van der Waals surface area contributed by atoms with Crippen molar-refractivity contribution in [3.8, 4) is 0 Å². The van der Waals surface area contributed by atoms with Gasteiger partial charge in [-0.1, -0.05) is 0 Å². The number of amides is 1. The van der Waals surface area contributed by atoms with Crippen LogP contribution in [0.15, 0.2) is 18.3 Å². The Bertz CT molecular complexity index is 526. The van der Waals surface area contributed by atoms with Crippen LogP contribution in [-0.4, -0.2) is 72.4 Å². The number of hydrogen-bond donors (Lipinski definition) is 0. The predicted octanol–water partition coefficient (Wildman–Crippen LogP) is 0.200. The Morgan fingerprint density at radius 2 is 2.05 bits per heavy atom. The van der Waals surface area contributed by atoms with E-state index in [0.29, 0.717) is 38.5 Å². The minimum absolute atomic E-state index is 0.0234. The summed E-state index contributed by atoms with van der Waals surface area (Å²) in [4.78, 5) is 31.9. The molecule has 0 bridgehead atoms. The summed E-state index contributed by atoms with van der Waals surface area (Å²) in [5, 5.41) is 11.0. The molecule has 0 radical (unpaired) electrons. The maximum absolute atomic E-state index is 11.7. The number of aromatic nitrogens is 1. The molecule has 1 saturated heterocycles. The lowest BCUT2D eigenvalue weighted by atomic mass is 10.2. The van der Waals surface area contributed by atoms with Gasteiger partial charge in [0, 0.05) is 52.5 Å². The van der Waals surface area contributed by atoms with Gasteiger partial charge in [-0.2, -0.15) is 0 Å². The van der Waals surface area contributed by atoms with Gasteiger partial charge < -0.3 is 9.80 Å². The molecule has 0 N–H and O–H groups in total. The van der Waals surface area contributed by atoms with Crippen LogP contribution in [0.2, 0.25) is 0 Å². The highest BCUT2D eigenvalue weighted by Gasteiger charge is 2.25. The summed E-state index contributed by atoms with van der Waals surface area (Å²) in [7, 11) is 3.46. The zero-order valence-electron chi connectivity index (χ0n) is 12.2. The Hall–Kier alpha value is -2.22. The van der Waals surface area contributed by atoms with E-state index in [1.807, 2.05) is 9.80 Å². The molecule has 0 aliphatic carbocycles. The molecule has 1 aliphatic heterocycles. The number of carbonyl (C=O) groups excluding carboxylic acids is 1. The molecule has 21 heavy (non-hydrogen) atoms. The van der Waals surface area contributed by atoms with Crippen molar-refractivity contribution in [1.82, 2.24) is 14.8 Å². The lowest BCUT2D eigenvalue weighted by Gasteiger charge is -2.35. The zero-order chi connectivity index (χ0) is 15.4. The third-order valence-electron chi connectivity index (χ3n) is 3.49. The average molecular weight is 293 g/mol. The summed E-state index contributed by atoms with van der Waals surface area (Å²) in [6, 6.07) is 3.03. The zero-order valence-corrected chi connectivity index (χ0v) is 12.2. The van der Waals surface area contributed by atoms with Gasteiger partial charge in [-0.3, -0.25) is 19.8 Å². The van der Waals surface area contributed by atoms with E-state index in [1.54, 1.807) is 31.3 Å². The van der Waals surface area contributed by atoms with Gasteiger partial charge in [-0.15, -0.1) is 0 Å². The van der Waals surface area contributed by atoms with Crippen LogP contribution >= 0.6 is 0 Å². The number of anilines is 1. The first-order valence-electron chi connectivity index (χ1n) is 6.76. The van der Waals surface area contributed by atoms with Crippen LogP contribution in [0, 0.1) is 10.1 Å². The van der Waals surface area contributed by atoms with Gasteiger partial charge in [0.2, 0.25) is 11.7 Å². The molecule has 0 aromatic carbocycles. The maximum Gasteiger partial charge on any atom is 0.311 e. The van der Waals surface area contributed by atoms with E-state index in [9.17, 15) is 14.9 Å². The smallest absolute Gasteiger partial charge is 0.311 e. The fraction of sp³-hybridized carbons (Fsp3) is 0.538. The summed E-state index contributed by atoms with van der Waals surface area (Å²) in [6.07, 6.45) is 1.56. The molecule has 0 unspecified atom stereocenters. The number of carbonyl (C=O) groups is 1. The van der Waals surface area contributed by atoms with E-state index in [4.69, 9.17) is 0 Å². The van der Waals surface area contributed by atoms with Crippen LogP contribution in [0.1, 0.15) is 0 Å². The minimum Gasteiger partial charge on any atom is -0.348 e. The molecule has 0 atom stereocenters. The summed E-state index contributed by atoms with van der Waals surface area (Å²) in [6.45, 7) is 3.00. The lowest BCUT2D eigenvalue weighted by Crippen LogP contribution is -2.49. The third-order valence-corrected chi connectivity index (χ3v) is 3.49. The van der Waals surface area contributed by atoms with Crippen LogP contribution in [0.5, 0.6) is 0 Å². The number of nitrogens with zero attached hydrogens (tertiary/aromatic N) is 5. The molecule has 1 fully saturated rings. The van der Waals surface area contributed by atoms with Crippen molar-refractivity contribution in [1.29, 1.82) is 0 Å². The number of nitro groups is 1. The predicted molar refractivity (Wildman–Crippen MR) is 78.2 cm³/mol. The van der Waals surface area contributed by atoms with Gasteiger partial charge in [0.25, 0.3) is 0 Å². The minimum atomic E-state index is -0.412. The van der Waals surface area contributed by atoms with E-state index in [1.165, 1.54) is 6.07 Å². The van der Waals surface area contributed by atoms with Crippen LogP contribution in [0.4, 0.5) is 11.5 Å². The fourth-order valence-corrected chi connectivity index (χ4v) is 2.23. The van der Waals surface area contributed by atoms with Gasteiger partial charge >= 0.3 is 5.69 Å². The molecule has 114 valence electrons. The summed E-state index contributed by atoms with van der Waals surface area (Å²) < 4.78 is 0. The van der Waals surface area contributed by atoms with Gasteiger partial charge in [-0.25, -0.2) is 4.98 Å². The summed E-state index contributed by atoms with van der Waals surface area (Å²) >= 11 is 0. The first-order chi connectivity index (χ1) is 9.99. The molecule has 1 amide bonds. The SMILES string of the molecule is CN(C)C(=O)CN1CCN(c2ncccc2[N+](=O)[O-])CC1. The monoisotopic (exact) mass is 293 g/mol. The van der Waals surface area contributed by atoms with Gasteiger partial charge in [-0.05, 0) is 6.07 Å². The average Bonchev–Trinajstić information content (AvgIpc) is 2.48. The van der Waals surface area contributed by atoms with Gasteiger partial charge in [0.1, 0.15) is 0 Å². The number of likely N-dealkylation sites (N-methyl/N-ethyl adjacent to an activating group) is 1. The quantitative estimate of drug-likeness (QED) is 0.582. The van der Waals surface area contributed by atoms with Crippen LogP contribution in [0.3, 0.4) is 0 Å². The largest absolute Gasteiger partial charge is 0.348 e. The second-order valence-corrected chi connectivity index (χ2v) is 5.15. The standard InChI is InChI=1S/C13H19N5O3/c1-15(2)12(19)10-16-6-8-17(9-7-16)13-11(18(20)21)4-3-5-14-13/h3-5H,6-10H2,1-2H3. The highest BCUT2D eigenvalue weighted by atomic mass is 16.6. The molecule has 8 heteroatoms. The van der Waals surface area contributed by atoms with Crippen molar-refractivity contribution in [2.45, 2.75) is 0 Å². The molecule has 2 rings (SSSR count). The Labute approximate surface area is 123 Å². The second-order valence-electron chi connectivity index (χ2n) is 5.15.